The summed E-state index contributed by atoms with van der Waals surface area (Å²) in [6, 6.07) is 5.51. The van der Waals surface area contributed by atoms with Crippen molar-refractivity contribution in [2.45, 2.75) is 20.8 Å². The molecule has 0 fully saturated rings. The number of hydrogen-bond acceptors (Lipinski definition) is 2. The number of amides is 2. The lowest BCUT2D eigenvalue weighted by Crippen LogP contribution is -2.34. The lowest BCUT2D eigenvalue weighted by Gasteiger charge is -2.20. The zero-order chi connectivity index (χ0) is 14.3. The number of carbonyl (C=O) groups excluding carboxylic acids is 1. The molecule has 0 saturated heterocycles. The molecule has 1 rings (SSSR count). The molecule has 2 amide bonds. The van der Waals surface area contributed by atoms with Crippen LogP contribution in [0.1, 0.15) is 25.0 Å². The minimum absolute atomic E-state index is 0.136. The van der Waals surface area contributed by atoms with Crippen molar-refractivity contribution in [3.8, 4) is 11.8 Å². The van der Waals surface area contributed by atoms with Crippen molar-refractivity contribution in [2.75, 3.05) is 25.0 Å². The number of aliphatic hydroxyl groups excluding tert-OH is 1. The van der Waals surface area contributed by atoms with Crippen LogP contribution in [-0.4, -0.2) is 35.7 Å². The van der Waals surface area contributed by atoms with Crippen molar-refractivity contribution in [3.63, 3.8) is 0 Å². The maximum absolute atomic E-state index is 12.0. The largest absolute Gasteiger partial charge is 0.384 e. The van der Waals surface area contributed by atoms with E-state index in [-0.39, 0.29) is 12.6 Å². The maximum atomic E-state index is 12.0. The van der Waals surface area contributed by atoms with E-state index in [4.69, 9.17) is 5.11 Å². The molecule has 0 bridgehead atoms. The normalized spacial score (nSPS) is 9.47. The molecular weight excluding hydrogens is 240 g/mol. The fourth-order valence-electron chi connectivity index (χ4n) is 1.71. The van der Waals surface area contributed by atoms with Gasteiger partial charge < -0.3 is 15.3 Å². The number of benzene rings is 1. The predicted molar refractivity (Wildman–Crippen MR) is 77.1 cm³/mol. The molecular formula is C15H20N2O2. The zero-order valence-corrected chi connectivity index (χ0v) is 11.7. The highest BCUT2D eigenvalue weighted by Crippen LogP contribution is 2.17. The monoisotopic (exact) mass is 260 g/mol. The van der Waals surface area contributed by atoms with Gasteiger partial charge in [-0.15, -0.1) is 0 Å². The number of anilines is 1. The van der Waals surface area contributed by atoms with Gasteiger partial charge in [-0.2, -0.15) is 0 Å². The number of nitrogens with one attached hydrogen (secondary N) is 1. The molecule has 0 aromatic heterocycles. The molecule has 4 nitrogen and oxygen atoms in total. The van der Waals surface area contributed by atoms with Gasteiger partial charge in [0.1, 0.15) is 6.61 Å². The average molecular weight is 260 g/mol. The van der Waals surface area contributed by atoms with Crippen LogP contribution in [0.25, 0.3) is 0 Å². The quantitative estimate of drug-likeness (QED) is 0.819. The van der Waals surface area contributed by atoms with Gasteiger partial charge in [-0.05, 0) is 38.5 Å². The molecule has 0 aliphatic rings. The molecule has 4 heteroatoms. The van der Waals surface area contributed by atoms with Gasteiger partial charge in [-0.3, -0.25) is 0 Å². The van der Waals surface area contributed by atoms with Crippen LogP contribution in [0.15, 0.2) is 18.2 Å². The zero-order valence-electron chi connectivity index (χ0n) is 11.7. The second-order valence-electron chi connectivity index (χ2n) is 4.11. The van der Waals surface area contributed by atoms with Crippen LogP contribution < -0.4 is 5.32 Å². The standard InChI is InChI=1S/C15H20N2O2/c1-4-17(5-2)15(19)16-14-11-12(3)8-9-13(14)7-6-10-18/h8-9,11,18H,4-5,10H2,1-3H3,(H,16,19). The van der Waals surface area contributed by atoms with Gasteiger partial charge in [0.05, 0.1) is 5.69 Å². The Balaban J connectivity index is 2.98. The van der Waals surface area contributed by atoms with E-state index >= 15 is 0 Å². The molecule has 0 atom stereocenters. The number of urea groups is 1. The van der Waals surface area contributed by atoms with Crippen LogP contribution in [0.2, 0.25) is 0 Å². The highest BCUT2D eigenvalue weighted by atomic mass is 16.2. The number of carbonyl (C=O) groups is 1. The Morgan fingerprint density at radius 1 is 1.37 bits per heavy atom. The smallest absolute Gasteiger partial charge is 0.321 e. The van der Waals surface area contributed by atoms with Crippen LogP contribution in [0, 0.1) is 18.8 Å². The maximum Gasteiger partial charge on any atom is 0.321 e. The highest BCUT2D eigenvalue weighted by molar-refractivity contribution is 5.91. The Morgan fingerprint density at radius 3 is 2.63 bits per heavy atom. The van der Waals surface area contributed by atoms with Crippen LogP contribution in [0.5, 0.6) is 0 Å². The molecule has 0 unspecified atom stereocenters. The third-order valence-electron chi connectivity index (χ3n) is 2.77. The SMILES string of the molecule is CCN(CC)C(=O)Nc1cc(C)ccc1C#CCO. The van der Waals surface area contributed by atoms with Crippen LogP contribution in [-0.2, 0) is 0 Å². The van der Waals surface area contributed by atoms with Crippen LogP contribution >= 0.6 is 0 Å². The first-order valence-electron chi connectivity index (χ1n) is 6.38. The van der Waals surface area contributed by atoms with E-state index in [0.717, 1.165) is 5.56 Å². The van der Waals surface area contributed by atoms with Gasteiger partial charge >= 0.3 is 6.03 Å². The van der Waals surface area contributed by atoms with Crippen molar-refractivity contribution in [1.82, 2.24) is 4.90 Å². The Morgan fingerprint density at radius 2 is 2.05 bits per heavy atom. The number of aliphatic hydroxyl groups is 1. The summed E-state index contributed by atoms with van der Waals surface area (Å²) in [6.07, 6.45) is 0. The van der Waals surface area contributed by atoms with Gasteiger partial charge in [-0.1, -0.05) is 17.9 Å². The van der Waals surface area contributed by atoms with Crippen molar-refractivity contribution < 1.29 is 9.90 Å². The van der Waals surface area contributed by atoms with E-state index in [9.17, 15) is 4.79 Å². The lowest BCUT2D eigenvalue weighted by molar-refractivity contribution is 0.217. The van der Waals surface area contributed by atoms with E-state index in [1.54, 1.807) is 4.90 Å². The summed E-state index contributed by atoms with van der Waals surface area (Å²) in [6.45, 7) is 6.95. The summed E-state index contributed by atoms with van der Waals surface area (Å²) in [5.74, 6) is 5.43. The molecule has 2 N–H and O–H groups in total. The molecule has 19 heavy (non-hydrogen) atoms. The van der Waals surface area contributed by atoms with Gasteiger partial charge in [0.2, 0.25) is 0 Å². The Labute approximate surface area is 114 Å². The summed E-state index contributed by atoms with van der Waals surface area (Å²) in [5.41, 5.74) is 2.43. The van der Waals surface area contributed by atoms with E-state index in [2.05, 4.69) is 17.2 Å². The van der Waals surface area contributed by atoms with Gasteiger partial charge in [0.25, 0.3) is 0 Å². The molecule has 0 spiro atoms. The molecule has 0 saturated carbocycles. The molecule has 1 aromatic carbocycles. The molecule has 102 valence electrons. The topological polar surface area (TPSA) is 52.6 Å². The second kappa shape index (κ2) is 7.45. The number of aryl methyl sites for hydroxylation is 1. The van der Waals surface area contributed by atoms with Crippen LogP contribution in [0.4, 0.5) is 10.5 Å². The Hall–Kier alpha value is -1.99. The van der Waals surface area contributed by atoms with E-state index in [1.807, 2.05) is 39.0 Å². The van der Waals surface area contributed by atoms with E-state index < -0.39 is 0 Å². The summed E-state index contributed by atoms with van der Waals surface area (Å²) < 4.78 is 0. The number of nitrogens with zero attached hydrogens (tertiary/aromatic N) is 1. The fraction of sp³-hybridized carbons (Fsp3) is 0.400. The van der Waals surface area contributed by atoms with Crippen molar-refractivity contribution in [2.24, 2.45) is 0 Å². The number of rotatable bonds is 3. The minimum atomic E-state index is -0.197. The molecule has 1 aromatic rings. The van der Waals surface area contributed by atoms with E-state index in [0.29, 0.717) is 24.3 Å². The van der Waals surface area contributed by atoms with Crippen LogP contribution in [0.3, 0.4) is 0 Å². The van der Waals surface area contributed by atoms with Gasteiger partial charge in [0, 0.05) is 18.7 Å². The minimum Gasteiger partial charge on any atom is -0.384 e. The fourth-order valence-corrected chi connectivity index (χ4v) is 1.71. The highest BCUT2D eigenvalue weighted by Gasteiger charge is 2.11. The first-order chi connectivity index (χ1) is 9.12. The molecule has 0 aliphatic heterocycles. The first kappa shape index (κ1) is 15.1. The predicted octanol–water partition coefficient (Wildman–Crippen LogP) is 2.21. The Kier molecular flexibility index (Phi) is 5.91. The Bertz CT molecular complexity index is 497. The summed E-state index contributed by atoms with van der Waals surface area (Å²) >= 11 is 0. The molecule has 0 heterocycles. The van der Waals surface area contributed by atoms with Gasteiger partial charge in [0.15, 0.2) is 0 Å². The van der Waals surface area contributed by atoms with Crippen molar-refractivity contribution in [3.05, 3.63) is 29.3 Å². The number of hydrogen-bond donors (Lipinski definition) is 2. The summed E-state index contributed by atoms with van der Waals surface area (Å²) in [7, 11) is 0. The summed E-state index contributed by atoms with van der Waals surface area (Å²) in [5, 5.41) is 11.6. The third-order valence-corrected chi connectivity index (χ3v) is 2.77. The second-order valence-corrected chi connectivity index (χ2v) is 4.11. The first-order valence-corrected chi connectivity index (χ1v) is 6.38. The third kappa shape index (κ3) is 4.31. The van der Waals surface area contributed by atoms with Crippen molar-refractivity contribution in [1.29, 1.82) is 0 Å². The summed E-state index contributed by atoms with van der Waals surface area (Å²) in [4.78, 5) is 13.7. The van der Waals surface area contributed by atoms with E-state index in [1.165, 1.54) is 0 Å². The average Bonchev–Trinajstić information content (AvgIpc) is 2.39. The molecule has 0 radical (unpaired) electrons. The van der Waals surface area contributed by atoms with Crippen molar-refractivity contribution >= 4 is 11.7 Å². The lowest BCUT2D eigenvalue weighted by atomic mass is 10.1. The molecule has 0 aliphatic carbocycles. The van der Waals surface area contributed by atoms with Gasteiger partial charge in [-0.25, -0.2) is 4.79 Å².